The van der Waals surface area contributed by atoms with Gasteiger partial charge in [-0.05, 0) is 24.3 Å². The molecule has 2 N–H and O–H groups in total. The van der Waals surface area contributed by atoms with Crippen molar-refractivity contribution in [2.24, 2.45) is 0 Å². The smallest absolute Gasteiger partial charge is 0.265 e. The van der Waals surface area contributed by atoms with Gasteiger partial charge in [-0.25, -0.2) is 4.39 Å². The molecule has 0 saturated heterocycles. The Labute approximate surface area is 112 Å². The molecule has 0 aliphatic heterocycles. The molecule has 0 saturated carbocycles. The maximum atomic E-state index is 13.1. The van der Waals surface area contributed by atoms with Gasteiger partial charge in [-0.3, -0.25) is 0 Å². The molecule has 0 amide bonds. The van der Waals surface area contributed by atoms with Crippen molar-refractivity contribution >= 4 is 0 Å². The van der Waals surface area contributed by atoms with Gasteiger partial charge in [-0.2, -0.15) is 4.98 Å². The molecule has 0 aliphatic rings. The van der Waals surface area contributed by atoms with Gasteiger partial charge in [0.15, 0.2) is 0 Å². The van der Waals surface area contributed by atoms with E-state index in [2.05, 4.69) is 10.1 Å². The Balaban J connectivity index is 2.07. The maximum Gasteiger partial charge on any atom is 0.265 e. The molecule has 20 heavy (non-hydrogen) atoms. The SMILES string of the molecule is Oc1cccc(O)c1-c1nc(-c2cccc(F)c2)no1. The highest BCUT2D eigenvalue weighted by atomic mass is 19.1. The molecule has 0 spiro atoms. The van der Waals surface area contributed by atoms with Gasteiger partial charge in [0, 0.05) is 5.56 Å². The molecule has 0 bridgehead atoms. The number of nitrogens with zero attached hydrogens (tertiary/aromatic N) is 2. The van der Waals surface area contributed by atoms with Crippen molar-refractivity contribution in [2.75, 3.05) is 0 Å². The molecular formula is C14H9FN2O3. The molecule has 5 nitrogen and oxygen atoms in total. The van der Waals surface area contributed by atoms with E-state index >= 15 is 0 Å². The van der Waals surface area contributed by atoms with Gasteiger partial charge in [0.1, 0.15) is 22.9 Å². The lowest BCUT2D eigenvalue weighted by Crippen LogP contribution is -1.83. The first-order valence-electron chi connectivity index (χ1n) is 5.76. The van der Waals surface area contributed by atoms with E-state index in [-0.39, 0.29) is 28.8 Å². The normalized spacial score (nSPS) is 10.7. The lowest BCUT2D eigenvalue weighted by atomic mass is 10.1. The molecule has 0 radical (unpaired) electrons. The number of rotatable bonds is 2. The Morgan fingerprint density at radius 2 is 1.70 bits per heavy atom. The highest BCUT2D eigenvalue weighted by molar-refractivity contribution is 5.71. The van der Waals surface area contributed by atoms with E-state index in [0.29, 0.717) is 5.56 Å². The van der Waals surface area contributed by atoms with Crippen LogP contribution in [-0.2, 0) is 0 Å². The highest BCUT2D eigenvalue weighted by Crippen LogP contribution is 2.36. The Kier molecular flexibility index (Phi) is 2.83. The van der Waals surface area contributed by atoms with Gasteiger partial charge in [0.05, 0.1) is 0 Å². The summed E-state index contributed by atoms with van der Waals surface area (Å²) in [5.41, 5.74) is 0.484. The first-order chi connectivity index (χ1) is 9.65. The predicted octanol–water partition coefficient (Wildman–Crippen LogP) is 2.95. The average molecular weight is 272 g/mol. The van der Waals surface area contributed by atoms with Crippen molar-refractivity contribution < 1.29 is 19.1 Å². The summed E-state index contributed by atoms with van der Waals surface area (Å²) in [5.74, 6) is -0.653. The summed E-state index contributed by atoms with van der Waals surface area (Å²) in [6.07, 6.45) is 0. The number of phenols is 2. The lowest BCUT2D eigenvalue weighted by Gasteiger charge is -2.00. The van der Waals surface area contributed by atoms with E-state index in [1.807, 2.05) is 0 Å². The van der Waals surface area contributed by atoms with E-state index in [1.54, 1.807) is 6.07 Å². The number of aromatic hydroxyl groups is 2. The second-order valence-electron chi connectivity index (χ2n) is 4.10. The second kappa shape index (κ2) is 4.65. The van der Waals surface area contributed by atoms with Gasteiger partial charge in [-0.15, -0.1) is 0 Å². The molecular weight excluding hydrogens is 263 g/mol. The van der Waals surface area contributed by atoms with Crippen LogP contribution < -0.4 is 0 Å². The summed E-state index contributed by atoms with van der Waals surface area (Å²) < 4.78 is 18.1. The molecule has 3 aromatic rings. The minimum atomic E-state index is -0.417. The molecule has 100 valence electrons. The molecule has 3 rings (SSSR count). The van der Waals surface area contributed by atoms with Gasteiger partial charge < -0.3 is 14.7 Å². The van der Waals surface area contributed by atoms with E-state index in [0.717, 1.165) is 0 Å². The molecule has 0 fully saturated rings. The van der Waals surface area contributed by atoms with Crippen molar-refractivity contribution in [3.8, 4) is 34.3 Å². The summed E-state index contributed by atoms with van der Waals surface area (Å²) in [7, 11) is 0. The zero-order valence-corrected chi connectivity index (χ0v) is 10.1. The average Bonchev–Trinajstić information content (AvgIpc) is 2.88. The number of aromatic nitrogens is 2. The van der Waals surface area contributed by atoms with E-state index in [4.69, 9.17) is 4.52 Å². The minimum absolute atomic E-state index is 0.0418. The van der Waals surface area contributed by atoms with Crippen LogP contribution in [0.3, 0.4) is 0 Å². The molecule has 1 heterocycles. The van der Waals surface area contributed by atoms with E-state index in [9.17, 15) is 14.6 Å². The third-order valence-corrected chi connectivity index (χ3v) is 2.74. The quantitative estimate of drug-likeness (QED) is 0.749. The van der Waals surface area contributed by atoms with E-state index in [1.165, 1.54) is 36.4 Å². The zero-order chi connectivity index (χ0) is 14.1. The van der Waals surface area contributed by atoms with Crippen LogP contribution in [0.2, 0.25) is 0 Å². The summed E-state index contributed by atoms with van der Waals surface area (Å²) in [5, 5.41) is 23.2. The van der Waals surface area contributed by atoms with Crippen molar-refractivity contribution in [3.63, 3.8) is 0 Å². The van der Waals surface area contributed by atoms with Gasteiger partial charge >= 0.3 is 0 Å². The summed E-state index contributed by atoms with van der Waals surface area (Å²) >= 11 is 0. The first kappa shape index (κ1) is 12.2. The van der Waals surface area contributed by atoms with Crippen LogP contribution in [0.1, 0.15) is 0 Å². The van der Waals surface area contributed by atoms with Crippen molar-refractivity contribution in [2.45, 2.75) is 0 Å². The Morgan fingerprint density at radius 1 is 1.00 bits per heavy atom. The van der Waals surface area contributed by atoms with Crippen LogP contribution in [0.4, 0.5) is 4.39 Å². The van der Waals surface area contributed by atoms with Crippen LogP contribution in [0, 0.1) is 5.82 Å². The predicted molar refractivity (Wildman–Crippen MR) is 68.5 cm³/mol. The Hall–Kier alpha value is -2.89. The van der Waals surface area contributed by atoms with Gasteiger partial charge in [0.2, 0.25) is 5.82 Å². The fourth-order valence-corrected chi connectivity index (χ4v) is 1.82. The van der Waals surface area contributed by atoms with Crippen LogP contribution in [-0.4, -0.2) is 20.4 Å². The third kappa shape index (κ3) is 2.07. The topological polar surface area (TPSA) is 79.4 Å². The molecule has 0 atom stereocenters. The number of hydrogen-bond donors (Lipinski definition) is 2. The summed E-state index contributed by atoms with van der Waals surface area (Å²) in [4.78, 5) is 4.05. The third-order valence-electron chi connectivity index (χ3n) is 2.74. The minimum Gasteiger partial charge on any atom is -0.507 e. The lowest BCUT2D eigenvalue weighted by molar-refractivity contribution is 0.416. The molecule has 0 aliphatic carbocycles. The largest absolute Gasteiger partial charge is 0.507 e. The second-order valence-corrected chi connectivity index (χ2v) is 4.10. The fourth-order valence-electron chi connectivity index (χ4n) is 1.82. The number of benzene rings is 2. The van der Waals surface area contributed by atoms with Crippen molar-refractivity contribution in [1.82, 2.24) is 10.1 Å². The molecule has 1 aromatic heterocycles. The molecule has 6 heteroatoms. The van der Waals surface area contributed by atoms with Crippen LogP contribution >= 0.6 is 0 Å². The van der Waals surface area contributed by atoms with Crippen LogP contribution in [0.5, 0.6) is 11.5 Å². The number of halogens is 1. The number of hydrogen-bond acceptors (Lipinski definition) is 5. The summed E-state index contributed by atoms with van der Waals surface area (Å²) in [6.45, 7) is 0. The number of phenolic OH excluding ortho intramolecular Hbond substituents is 2. The Morgan fingerprint density at radius 3 is 2.40 bits per heavy atom. The van der Waals surface area contributed by atoms with Gasteiger partial charge in [-0.1, -0.05) is 23.4 Å². The highest BCUT2D eigenvalue weighted by Gasteiger charge is 2.17. The van der Waals surface area contributed by atoms with E-state index < -0.39 is 5.82 Å². The van der Waals surface area contributed by atoms with Crippen LogP contribution in [0.25, 0.3) is 22.8 Å². The summed E-state index contributed by atoms with van der Waals surface area (Å²) in [6, 6.07) is 9.99. The van der Waals surface area contributed by atoms with Crippen LogP contribution in [0.15, 0.2) is 47.0 Å². The van der Waals surface area contributed by atoms with Crippen molar-refractivity contribution in [3.05, 3.63) is 48.3 Å². The fraction of sp³-hybridized carbons (Fsp3) is 0. The maximum absolute atomic E-state index is 13.1. The standard InChI is InChI=1S/C14H9FN2O3/c15-9-4-1-3-8(7-9)13-16-14(20-17-13)12-10(18)5-2-6-11(12)19/h1-7,18-19H. The molecule has 0 unspecified atom stereocenters. The first-order valence-corrected chi connectivity index (χ1v) is 5.76. The molecule has 2 aromatic carbocycles. The zero-order valence-electron chi connectivity index (χ0n) is 10.1. The Bertz CT molecular complexity index is 750. The monoisotopic (exact) mass is 272 g/mol. The van der Waals surface area contributed by atoms with Crippen molar-refractivity contribution in [1.29, 1.82) is 0 Å². The van der Waals surface area contributed by atoms with Gasteiger partial charge in [0.25, 0.3) is 5.89 Å².